The first-order valence-corrected chi connectivity index (χ1v) is 8.13. The summed E-state index contributed by atoms with van der Waals surface area (Å²) in [4.78, 5) is 7.11. The molecular weight excluding hydrogens is 276 g/mol. The molecule has 0 amide bonds. The quantitative estimate of drug-likeness (QED) is 0.452. The summed E-state index contributed by atoms with van der Waals surface area (Å²) in [7, 11) is 1.71. The minimum Gasteiger partial charge on any atom is -0.383 e. The number of nitrogens with one attached hydrogen (secondary N) is 2. The number of guanidine groups is 1. The van der Waals surface area contributed by atoms with Gasteiger partial charge in [0.2, 0.25) is 0 Å². The molecule has 0 spiro atoms. The Bertz CT molecular complexity index is 475. The molecule has 0 aromatic heterocycles. The average Bonchev–Trinajstić information content (AvgIpc) is 2.55. The number of methoxy groups -OCH3 is 1. The van der Waals surface area contributed by atoms with Crippen molar-refractivity contribution in [2.75, 3.05) is 46.4 Å². The maximum atomic E-state index is 5.05. The summed E-state index contributed by atoms with van der Waals surface area (Å²) in [5, 5.41) is 6.53. The van der Waals surface area contributed by atoms with Crippen LogP contribution < -0.4 is 10.6 Å². The lowest BCUT2D eigenvalue weighted by molar-refractivity contribution is 0.203. The lowest BCUT2D eigenvalue weighted by Gasteiger charge is -2.28. The van der Waals surface area contributed by atoms with Crippen LogP contribution in [-0.2, 0) is 17.7 Å². The molecule has 2 rings (SSSR count). The van der Waals surface area contributed by atoms with Crippen molar-refractivity contribution in [2.45, 2.75) is 19.9 Å². The van der Waals surface area contributed by atoms with Crippen molar-refractivity contribution < 1.29 is 4.74 Å². The van der Waals surface area contributed by atoms with Crippen molar-refractivity contribution in [2.24, 2.45) is 4.99 Å². The summed E-state index contributed by atoms with van der Waals surface area (Å²) in [6, 6.07) is 8.74. The van der Waals surface area contributed by atoms with Crippen LogP contribution in [0.3, 0.4) is 0 Å². The zero-order chi connectivity index (χ0) is 15.6. The van der Waals surface area contributed by atoms with E-state index in [1.807, 2.05) is 0 Å². The minimum atomic E-state index is 0.688. The molecular formula is C17H28N4O. The van der Waals surface area contributed by atoms with Gasteiger partial charge >= 0.3 is 0 Å². The molecule has 0 fully saturated rings. The first-order chi connectivity index (χ1) is 10.8. The summed E-state index contributed by atoms with van der Waals surface area (Å²) in [6.45, 7) is 8.39. The number of nitrogens with zero attached hydrogens (tertiary/aromatic N) is 2. The van der Waals surface area contributed by atoms with Gasteiger partial charge in [0.15, 0.2) is 5.96 Å². The lowest BCUT2D eigenvalue weighted by atomic mass is 10.0. The first-order valence-electron chi connectivity index (χ1n) is 8.13. The van der Waals surface area contributed by atoms with Crippen LogP contribution in [0, 0.1) is 0 Å². The standard InChI is InChI=1S/C17H28N4O/c1-3-18-17(20-10-13-22-2)19-9-12-21-11-8-15-6-4-5-7-16(15)14-21/h4-7H,3,8-14H2,1-2H3,(H2,18,19,20). The monoisotopic (exact) mass is 304 g/mol. The molecule has 0 radical (unpaired) electrons. The molecule has 0 saturated heterocycles. The SMILES string of the molecule is CCNC(=NCCN1CCc2ccccc2C1)NCCOC. The van der Waals surface area contributed by atoms with Crippen LogP contribution in [0.1, 0.15) is 18.1 Å². The number of aliphatic imine (C=N–C) groups is 1. The van der Waals surface area contributed by atoms with Crippen LogP contribution in [-0.4, -0.2) is 57.3 Å². The van der Waals surface area contributed by atoms with Gasteiger partial charge in [0.25, 0.3) is 0 Å². The number of ether oxygens (including phenoxy) is 1. The van der Waals surface area contributed by atoms with E-state index in [4.69, 9.17) is 4.74 Å². The van der Waals surface area contributed by atoms with E-state index in [0.29, 0.717) is 6.61 Å². The molecule has 1 aromatic carbocycles. The second-order valence-electron chi connectivity index (χ2n) is 5.48. The molecule has 1 heterocycles. The van der Waals surface area contributed by atoms with E-state index in [1.54, 1.807) is 7.11 Å². The fraction of sp³-hybridized carbons (Fsp3) is 0.588. The van der Waals surface area contributed by atoms with Crippen LogP contribution in [0.2, 0.25) is 0 Å². The average molecular weight is 304 g/mol. The molecule has 22 heavy (non-hydrogen) atoms. The normalized spacial score (nSPS) is 15.5. The zero-order valence-corrected chi connectivity index (χ0v) is 13.8. The van der Waals surface area contributed by atoms with Crippen molar-refractivity contribution >= 4 is 5.96 Å². The topological polar surface area (TPSA) is 48.9 Å². The molecule has 0 saturated carbocycles. The third-order valence-electron chi connectivity index (χ3n) is 3.84. The molecule has 0 aliphatic carbocycles. The van der Waals surface area contributed by atoms with E-state index in [2.05, 4.69) is 51.7 Å². The third-order valence-corrected chi connectivity index (χ3v) is 3.84. The van der Waals surface area contributed by atoms with Crippen molar-refractivity contribution in [1.29, 1.82) is 0 Å². The highest BCUT2D eigenvalue weighted by molar-refractivity contribution is 5.79. The summed E-state index contributed by atoms with van der Waals surface area (Å²) in [5.41, 5.74) is 2.96. The molecule has 1 aromatic rings. The Kier molecular flexibility index (Phi) is 7.19. The maximum Gasteiger partial charge on any atom is 0.191 e. The van der Waals surface area contributed by atoms with Gasteiger partial charge in [-0.3, -0.25) is 9.89 Å². The Balaban J connectivity index is 1.78. The largest absolute Gasteiger partial charge is 0.383 e. The molecule has 1 aliphatic heterocycles. The van der Waals surface area contributed by atoms with Crippen LogP contribution in [0.25, 0.3) is 0 Å². The highest BCUT2D eigenvalue weighted by atomic mass is 16.5. The Morgan fingerprint density at radius 3 is 2.86 bits per heavy atom. The fourth-order valence-electron chi connectivity index (χ4n) is 2.66. The van der Waals surface area contributed by atoms with E-state index in [9.17, 15) is 0 Å². The van der Waals surface area contributed by atoms with Crippen LogP contribution in [0.4, 0.5) is 0 Å². The zero-order valence-electron chi connectivity index (χ0n) is 13.8. The number of hydrogen-bond donors (Lipinski definition) is 2. The molecule has 122 valence electrons. The van der Waals surface area contributed by atoms with Gasteiger partial charge < -0.3 is 15.4 Å². The van der Waals surface area contributed by atoms with Crippen molar-refractivity contribution in [3.8, 4) is 0 Å². The van der Waals surface area contributed by atoms with Gasteiger partial charge in [0.05, 0.1) is 13.2 Å². The van der Waals surface area contributed by atoms with Gasteiger partial charge in [0, 0.05) is 39.8 Å². The van der Waals surface area contributed by atoms with Gasteiger partial charge in [-0.1, -0.05) is 24.3 Å². The summed E-state index contributed by atoms with van der Waals surface area (Å²) >= 11 is 0. The first kappa shape index (κ1) is 16.8. The number of benzene rings is 1. The molecule has 1 aliphatic rings. The van der Waals surface area contributed by atoms with E-state index in [0.717, 1.165) is 51.6 Å². The Hall–Kier alpha value is -1.59. The highest BCUT2D eigenvalue weighted by Gasteiger charge is 2.14. The smallest absolute Gasteiger partial charge is 0.191 e. The fourth-order valence-corrected chi connectivity index (χ4v) is 2.66. The Labute approximate surface area is 133 Å². The third kappa shape index (κ3) is 5.31. The van der Waals surface area contributed by atoms with E-state index < -0.39 is 0 Å². The number of hydrogen-bond acceptors (Lipinski definition) is 3. The lowest BCUT2D eigenvalue weighted by Crippen LogP contribution is -2.39. The van der Waals surface area contributed by atoms with Crippen LogP contribution >= 0.6 is 0 Å². The van der Waals surface area contributed by atoms with E-state index >= 15 is 0 Å². The van der Waals surface area contributed by atoms with Gasteiger partial charge in [-0.2, -0.15) is 0 Å². The molecule has 0 bridgehead atoms. The van der Waals surface area contributed by atoms with Crippen molar-refractivity contribution in [3.05, 3.63) is 35.4 Å². The highest BCUT2D eigenvalue weighted by Crippen LogP contribution is 2.17. The van der Waals surface area contributed by atoms with Crippen molar-refractivity contribution in [3.63, 3.8) is 0 Å². The minimum absolute atomic E-state index is 0.688. The summed E-state index contributed by atoms with van der Waals surface area (Å²) < 4.78 is 5.05. The summed E-state index contributed by atoms with van der Waals surface area (Å²) in [6.07, 6.45) is 1.14. The molecule has 0 unspecified atom stereocenters. The second kappa shape index (κ2) is 9.43. The van der Waals surface area contributed by atoms with Crippen LogP contribution in [0.5, 0.6) is 0 Å². The van der Waals surface area contributed by atoms with Gasteiger partial charge in [0.1, 0.15) is 0 Å². The molecule has 5 nitrogen and oxygen atoms in total. The molecule has 2 N–H and O–H groups in total. The summed E-state index contributed by atoms with van der Waals surface area (Å²) in [5.74, 6) is 0.872. The van der Waals surface area contributed by atoms with Gasteiger partial charge in [-0.05, 0) is 24.5 Å². The van der Waals surface area contributed by atoms with Crippen molar-refractivity contribution in [1.82, 2.24) is 15.5 Å². The van der Waals surface area contributed by atoms with Crippen LogP contribution in [0.15, 0.2) is 29.3 Å². The Morgan fingerprint density at radius 2 is 2.09 bits per heavy atom. The number of rotatable bonds is 7. The molecule has 5 heteroatoms. The predicted molar refractivity (Wildman–Crippen MR) is 91.3 cm³/mol. The van der Waals surface area contributed by atoms with Gasteiger partial charge in [-0.15, -0.1) is 0 Å². The predicted octanol–water partition coefficient (Wildman–Crippen LogP) is 1.25. The Morgan fingerprint density at radius 1 is 1.27 bits per heavy atom. The van der Waals surface area contributed by atoms with E-state index in [-0.39, 0.29) is 0 Å². The van der Waals surface area contributed by atoms with Gasteiger partial charge in [-0.25, -0.2) is 0 Å². The number of fused-ring (bicyclic) bond motifs is 1. The maximum absolute atomic E-state index is 5.05. The second-order valence-corrected chi connectivity index (χ2v) is 5.48. The van der Waals surface area contributed by atoms with E-state index in [1.165, 1.54) is 11.1 Å². The molecule has 0 atom stereocenters.